The number of allylic oxidation sites excluding steroid dienone is 2. The van der Waals surface area contributed by atoms with Crippen LogP contribution in [-0.2, 0) is 26.8 Å². The van der Waals surface area contributed by atoms with Crippen LogP contribution < -0.4 is 9.47 Å². The Kier molecular flexibility index (Phi) is 10.4. The smallest absolute Gasteiger partial charge is 0.264 e. The maximum absolute atomic E-state index is 11.2. The number of thioether (sulfide) groups is 1. The van der Waals surface area contributed by atoms with Crippen LogP contribution in [0.3, 0.4) is 0 Å². The second-order valence-electron chi connectivity index (χ2n) is 9.44. The van der Waals surface area contributed by atoms with Crippen molar-refractivity contribution in [2.75, 3.05) is 23.0 Å². The van der Waals surface area contributed by atoms with Crippen LogP contribution in [0, 0.1) is 0 Å². The van der Waals surface area contributed by atoms with E-state index < -0.39 is 20.2 Å². The van der Waals surface area contributed by atoms with Gasteiger partial charge < -0.3 is 9.45 Å². The quantitative estimate of drug-likeness (QED) is 0.135. The van der Waals surface area contributed by atoms with Gasteiger partial charge in [0.15, 0.2) is 6.54 Å². The molecule has 40 heavy (non-hydrogen) atoms. The highest BCUT2D eigenvalue weighted by Gasteiger charge is 2.26. The molecular formula is C27H31ClN2O6S4. The van der Waals surface area contributed by atoms with E-state index in [0.717, 1.165) is 42.8 Å². The maximum atomic E-state index is 11.2. The van der Waals surface area contributed by atoms with Gasteiger partial charge in [-0.1, -0.05) is 53.8 Å². The molecule has 0 atom stereocenters. The molecule has 2 aromatic carbocycles. The summed E-state index contributed by atoms with van der Waals surface area (Å²) in [4.78, 5) is 3.18. The highest BCUT2D eigenvalue weighted by molar-refractivity contribution is 8.03. The van der Waals surface area contributed by atoms with Crippen molar-refractivity contribution in [3.05, 3.63) is 69.2 Å². The zero-order valence-corrected chi connectivity index (χ0v) is 26.0. The molecule has 0 unspecified atom stereocenters. The Balaban J connectivity index is 1.63. The summed E-state index contributed by atoms with van der Waals surface area (Å²) in [5.41, 5.74) is 3.12. The molecule has 1 aromatic heterocycles. The molecule has 0 aliphatic carbocycles. The summed E-state index contributed by atoms with van der Waals surface area (Å²) < 4.78 is 67.9. The zero-order valence-electron chi connectivity index (χ0n) is 22.0. The topological polar surface area (TPSA) is 119 Å². The number of rotatable bonds is 13. The largest absolute Gasteiger partial charge is 0.748 e. The van der Waals surface area contributed by atoms with E-state index in [4.69, 9.17) is 16.2 Å². The average molecular weight is 643 g/mol. The van der Waals surface area contributed by atoms with Crippen LogP contribution in [0.5, 0.6) is 0 Å². The summed E-state index contributed by atoms with van der Waals surface area (Å²) in [5.74, 6) is -0.642. The second kappa shape index (κ2) is 13.4. The van der Waals surface area contributed by atoms with Crippen molar-refractivity contribution in [3.8, 4) is 0 Å². The number of thiazole rings is 1. The van der Waals surface area contributed by atoms with Gasteiger partial charge in [0, 0.05) is 40.8 Å². The van der Waals surface area contributed by atoms with E-state index in [-0.39, 0.29) is 17.9 Å². The van der Waals surface area contributed by atoms with Gasteiger partial charge in [0.2, 0.25) is 5.52 Å². The third-order valence-electron chi connectivity index (χ3n) is 6.42. The molecule has 1 aliphatic rings. The predicted octanol–water partition coefficient (Wildman–Crippen LogP) is 6.08. The van der Waals surface area contributed by atoms with Crippen LogP contribution in [0.25, 0.3) is 16.3 Å². The number of nitrogens with zero attached hydrogens (tertiary/aromatic N) is 2. The number of unbranched alkanes of at least 4 members (excludes halogenated alkanes) is 2. The average Bonchev–Trinajstić information content (AvgIpc) is 3.39. The summed E-state index contributed by atoms with van der Waals surface area (Å²) in [6, 6.07) is 13.8. The molecule has 0 amide bonds. The van der Waals surface area contributed by atoms with Crippen LogP contribution in [0.1, 0.15) is 44.0 Å². The first-order chi connectivity index (χ1) is 18.9. The molecule has 3 aromatic rings. The summed E-state index contributed by atoms with van der Waals surface area (Å²) in [6.45, 7) is 3.25. The maximum Gasteiger partial charge on any atom is 0.264 e. The number of halogens is 1. The minimum Gasteiger partial charge on any atom is -0.748 e. The van der Waals surface area contributed by atoms with Gasteiger partial charge in [-0.05, 0) is 61.6 Å². The predicted molar refractivity (Wildman–Crippen MR) is 162 cm³/mol. The van der Waals surface area contributed by atoms with Gasteiger partial charge in [0.25, 0.3) is 15.1 Å². The molecule has 0 radical (unpaired) electrons. The van der Waals surface area contributed by atoms with Gasteiger partial charge in [-0.3, -0.25) is 4.55 Å². The van der Waals surface area contributed by atoms with Gasteiger partial charge in [-0.2, -0.15) is 13.0 Å². The first-order valence-corrected chi connectivity index (χ1v) is 18.1. The van der Waals surface area contributed by atoms with E-state index in [2.05, 4.69) is 34.6 Å². The molecule has 13 heteroatoms. The molecule has 4 rings (SSSR count). The Morgan fingerprint density at radius 2 is 1.82 bits per heavy atom. The van der Waals surface area contributed by atoms with Crippen LogP contribution in [0.4, 0.5) is 5.69 Å². The highest BCUT2D eigenvalue weighted by Crippen LogP contribution is 2.47. The molecule has 1 aliphatic heterocycles. The third-order valence-corrected chi connectivity index (χ3v) is 10.5. The second-order valence-corrected chi connectivity index (χ2v) is 15.1. The molecule has 216 valence electrons. The normalized spacial score (nSPS) is 15.3. The van der Waals surface area contributed by atoms with E-state index >= 15 is 0 Å². The lowest BCUT2D eigenvalue weighted by molar-refractivity contribution is -0.669. The first-order valence-electron chi connectivity index (χ1n) is 12.9. The number of benzene rings is 2. The Morgan fingerprint density at radius 1 is 1.07 bits per heavy atom. The Labute approximate surface area is 248 Å². The summed E-state index contributed by atoms with van der Waals surface area (Å²) in [6.07, 6.45) is 6.84. The van der Waals surface area contributed by atoms with E-state index in [1.54, 1.807) is 23.1 Å². The summed E-state index contributed by atoms with van der Waals surface area (Å²) in [5, 5.41) is 2.65. The van der Waals surface area contributed by atoms with Crippen molar-refractivity contribution in [2.45, 2.75) is 50.5 Å². The van der Waals surface area contributed by atoms with Gasteiger partial charge in [0.05, 0.1) is 26.6 Å². The van der Waals surface area contributed by atoms with E-state index in [9.17, 15) is 21.4 Å². The van der Waals surface area contributed by atoms with Crippen molar-refractivity contribution in [1.82, 2.24) is 0 Å². The Hall–Kier alpha value is -1.93. The Morgan fingerprint density at radius 3 is 2.55 bits per heavy atom. The van der Waals surface area contributed by atoms with Crippen molar-refractivity contribution in [3.63, 3.8) is 0 Å². The third kappa shape index (κ3) is 8.54. The van der Waals surface area contributed by atoms with Gasteiger partial charge in [-0.15, -0.1) is 0 Å². The fourth-order valence-electron chi connectivity index (χ4n) is 4.47. The number of para-hydroxylation sites is 1. The first kappa shape index (κ1) is 31.0. The SMILES string of the molecule is CCC(/C=C1\Sc2ccc(Cl)cc2N1CCCCS(=O)(=O)[O-])=C\c1sc2ccccc2[n+]1CCCCS(=O)(=O)O. The lowest BCUT2D eigenvalue weighted by atomic mass is 10.2. The molecule has 0 bridgehead atoms. The van der Waals surface area contributed by atoms with Crippen molar-refractivity contribution >= 4 is 76.9 Å². The van der Waals surface area contributed by atoms with Gasteiger partial charge in [0.1, 0.15) is 4.70 Å². The Bertz CT molecular complexity index is 1650. The van der Waals surface area contributed by atoms with Crippen molar-refractivity contribution in [2.24, 2.45) is 0 Å². The van der Waals surface area contributed by atoms with E-state index in [0.29, 0.717) is 37.4 Å². The van der Waals surface area contributed by atoms with Crippen LogP contribution in [0.15, 0.2) is 64.0 Å². The zero-order chi connectivity index (χ0) is 28.9. The number of hydrogen-bond acceptors (Lipinski definition) is 8. The molecule has 0 saturated heterocycles. The number of fused-ring (bicyclic) bond motifs is 2. The molecule has 8 nitrogen and oxygen atoms in total. The molecule has 0 saturated carbocycles. The number of hydrogen-bond donors (Lipinski definition) is 1. The van der Waals surface area contributed by atoms with Crippen LogP contribution in [-0.4, -0.2) is 44.0 Å². The number of aryl methyl sites for hydroxylation is 1. The summed E-state index contributed by atoms with van der Waals surface area (Å²) in [7, 11) is -8.24. The van der Waals surface area contributed by atoms with Crippen molar-refractivity contribution in [1.29, 1.82) is 0 Å². The van der Waals surface area contributed by atoms with Gasteiger partial charge >= 0.3 is 0 Å². The highest BCUT2D eigenvalue weighted by atomic mass is 35.5. The molecule has 2 heterocycles. The van der Waals surface area contributed by atoms with Crippen LogP contribution >= 0.6 is 34.7 Å². The lowest BCUT2D eigenvalue weighted by Crippen LogP contribution is -2.35. The van der Waals surface area contributed by atoms with Crippen molar-refractivity contribution < 1.29 is 30.5 Å². The van der Waals surface area contributed by atoms with E-state index in [1.807, 2.05) is 36.4 Å². The number of anilines is 1. The minimum atomic E-state index is -4.25. The molecule has 0 spiro atoms. The molecule has 1 N–H and O–H groups in total. The minimum absolute atomic E-state index is 0.258. The standard InChI is InChI=1S/C27H31ClN2O6S4/c1-2-20(17-26-29(13-5-7-15-39(31,32)33)22-9-3-4-10-24(22)37-26)18-27-30(14-6-8-16-40(34,35)36)23-19-21(28)11-12-25(23)38-27/h3-4,9-12,17-19H,2,5-8,13-16H2,1H3,(H-,31,32,33,34,35,36). The monoisotopic (exact) mass is 642 g/mol. The number of aromatic nitrogens is 1. The molecular weight excluding hydrogens is 612 g/mol. The fourth-order valence-corrected chi connectivity index (χ4v) is 8.07. The fraction of sp³-hybridized carbons (Fsp3) is 0.370. The van der Waals surface area contributed by atoms with E-state index in [1.165, 1.54) is 0 Å². The molecule has 0 fully saturated rings. The van der Waals surface area contributed by atoms with Crippen LogP contribution in [0.2, 0.25) is 5.02 Å². The summed E-state index contributed by atoms with van der Waals surface area (Å²) >= 11 is 9.58. The van der Waals surface area contributed by atoms with Gasteiger partial charge in [-0.25, -0.2) is 8.42 Å². The lowest BCUT2D eigenvalue weighted by Gasteiger charge is -2.21.